The summed E-state index contributed by atoms with van der Waals surface area (Å²) in [6.07, 6.45) is -4.32. The third kappa shape index (κ3) is 5.06. The fraction of sp³-hybridized carbons (Fsp3) is 0.818. The first-order valence-corrected chi connectivity index (χ1v) is 5.98. The smallest absolute Gasteiger partial charge is 0.345 e. The van der Waals surface area contributed by atoms with Crippen LogP contribution in [0.2, 0.25) is 0 Å². The highest BCUT2D eigenvalue weighted by molar-refractivity contribution is 5.94. The predicted octanol–water partition coefficient (Wildman–Crippen LogP) is 0.896. The highest BCUT2D eigenvalue weighted by atomic mass is 19.4. The number of ether oxygens (including phenoxy) is 1. The molecule has 5 nitrogen and oxygen atoms in total. The zero-order valence-corrected chi connectivity index (χ0v) is 10.8. The van der Waals surface area contributed by atoms with Crippen molar-refractivity contribution in [2.75, 3.05) is 19.7 Å². The van der Waals surface area contributed by atoms with E-state index in [-0.39, 0.29) is 24.9 Å². The summed E-state index contributed by atoms with van der Waals surface area (Å²) in [4.78, 5) is 24.5. The minimum atomic E-state index is -4.73. The summed E-state index contributed by atoms with van der Waals surface area (Å²) in [6, 6.07) is -0.724. The van der Waals surface area contributed by atoms with Crippen molar-refractivity contribution in [1.82, 2.24) is 10.2 Å². The molecule has 0 spiro atoms. The Morgan fingerprint density at radius 2 is 2.05 bits per heavy atom. The van der Waals surface area contributed by atoms with Gasteiger partial charge in [0.2, 0.25) is 11.8 Å². The molecule has 1 aliphatic rings. The molecule has 1 N–H and O–H groups in total. The second kappa shape index (κ2) is 6.23. The largest absolute Gasteiger partial charge is 0.522 e. The third-order valence-electron chi connectivity index (χ3n) is 2.71. The van der Waals surface area contributed by atoms with Gasteiger partial charge >= 0.3 is 6.36 Å². The molecule has 2 amide bonds. The van der Waals surface area contributed by atoms with Crippen molar-refractivity contribution >= 4 is 11.8 Å². The minimum Gasteiger partial charge on any atom is -0.345 e. The van der Waals surface area contributed by atoms with Crippen LogP contribution in [0, 0.1) is 5.92 Å². The highest BCUT2D eigenvalue weighted by Crippen LogP contribution is 2.18. The lowest BCUT2D eigenvalue weighted by molar-refractivity contribution is -0.325. The van der Waals surface area contributed by atoms with Crippen molar-refractivity contribution in [2.45, 2.75) is 32.7 Å². The van der Waals surface area contributed by atoms with Crippen LogP contribution in [0.4, 0.5) is 13.2 Å². The third-order valence-corrected chi connectivity index (χ3v) is 2.71. The van der Waals surface area contributed by atoms with E-state index in [1.54, 1.807) is 0 Å². The van der Waals surface area contributed by atoms with Crippen molar-refractivity contribution < 1.29 is 27.5 Å². The van der Waals surface area contributed by atoms with E-state index in [0.717, 1.165) is 4.90 Å². The van der Waals surface area contributed by atoms with Crippen molar-refractivity contribution in [3.63, 3.8) is 0 Å². The van der Waals surface area contributed by atoms with Crippen LogP contribution in [0.5, 0.6) is 0 Å². The van der Waals surface area contributed by atoms with Gasteiger partial charge in [-0.1, -0.05) is 13.8 Å². The zero-order chi connectivity index (χ0) is 14.6. The van der Waals surface area contributed by atoms with Gasteiger partial charge in [0.1, 0.15) is 6.04 Å². The lowest BCUT2D eigenvalue weighted by Crippen LogP contribution is -2.59. The Morgan fingerprint density at radius 1 is 1.42 bits per heavy atom. The number of alkyl halides is 3. The second-order valence-corrected chi connectivity index (χ2v) is 4.74. The lowest BCUT2D eigenvalue weighted by Gasteiger charge is -2.35. The number of halogens is 3. The lowest BCUT2D eigenvalue weighted by atomic mass is 10.00. The monoisotopic (exact) mass is 282 g/mol. The van der Waals surface area contributed by atoms with E-state index in [1.165, 1.54) is 0 Å². The Balaban J connectivity index is 2.62. The van der Waals surface area contributed by atoms with E-state index in [1.807, 2.05) is 13.8 Å². The summed E-state index contributed by atoms with van der Waals surface area (Å²) in [7, 11) is 0. The number of piperazine rings is 1. The standard InChI is InChI=1S/C11H17F3N2O3/c1-7(2)5-8-10(18)15-6-9(17)16(8)3-4-19-11(12,13)14/h7-8H,3-6H2,1-2H3,(H,15,18). The molecule has 0 saturated carbocycles. The SMILES string of the molecule is CC(C)CC1C(=O)NCC(=O)N1CCOC(F)(F)F. The molecule has 0 bridgehead atoms. The zero-order valence-electron chi connectivity index (χ0n) is 10.8. The van der Waals surface area contributed by atoms with Gasteiger partial charge in [0.25, 0.3) is 0 Å². The summed E-state index contributed by atoms with van der Waals surface area (Å²) in [5.74, 6) is -0.580. The molecule has 0 aliphatic carbocycles. The number of carbonyl (C=O) groups excluding carboxylic acids is 2. The van der Waals surface area contributed by atoms with Crippen LogP contribution in [0.3, 0.4) is 0 Å². The van der Waals surface area contributed by atoms with E-state index < -0.39 is 24.9 Å². The minimum absolute atomic E-state index is 0.146. The molecule has 8 heteroatoms. The van der Waals surface area contributed by atoms with Crippen LogP contribution >= 0.6 is 0 Å². The topological polar surface area (TPSA) is 58.6 Å². The quantitative estimate of drug-likeness (QED) is 0.815. The first-order valence-electron chi connectivity index (χ1n) is 5.98. The maximum Gasteiger partial charge on any atom is 0.522 e. The summed E-state index contributed by atoms with van der Waals surface area (Å²) < 4.78 is 39.3. The van der Waals surface area contributed by atoms with Crippen LogP contribution in [-0.4, -0.2) is 48.8 Å². The number of hydrogen-bond acceptors (Lipinski definition) is 3. The average Bonchev–Trinajstić information content (AvgIpc) is 2.25. The van der Waals surface area contributed by atoms with E-state index in [2.05, 4.69) is 10.1 Å². The van der Waals surface area contributed by atoms with Crippen molar-refractivity contribution in [3.8, 4) is 0 Å². The molecule has 0 aromatic carbocycles. The number of carbonyl (C=O) groups is 2. The predicted molar refractivity (Wildman–Crippen MR) is 60.0 cm³/mol. The van der Waals surface area contributed by atoms with Crippen molar-refractivity contribution in [3.05, 3.63) is 0 Å². The number of nitrogens with one attached hydrogen (secondary N) is 1. The normalized spacial score (nSPS) is 20.9. The van der Waals surface area contributed by atoms with Crippen molar-refractivity contribution in [2.24, 2.45) is 5.92 Å². The Bertz CT molecular complexity index is 345. The van der Waals surface area contributed by atoms with Gasteiger partial charge in [-0.05, 0) is 12.3 Å². The molecule has 1 atom stereocenters. The molecule has 1 aliphatic heterocycles. The Hall–Kier alpha value is -1.31. The number of hydrogen-bond donors (Lipinski definition) is 1. The number of amides is 2. The van der Waals surface area contributed by atoms with E-state index in [0.29, 0.717) is 6.42 Å². The molecule has 1 heterocycles. The fourth-order valence-electron chi connectivity index (χ4n) is 1.92. The molecular weight excluding hydrogens is 265 g/mol. The molecule has 110 valence electrons. The molecule has 19 heavy (non-hydrogen) atoms. The fourth-order valence-corrected chi connectivity index (χ4v) is 1.92. The van der Waals surface area contributed by atoms with Gasteiger partial charge in [0.05, 0.1) is 13.2 Å². The summed E-state index contributed by atoms with van der Waals surface area (Å²) in [5.41, 5.74) is 0. The highest BCUT2D eigenvalue weighted by Gasteiger charge is 2.36. The van der Waals surface area contributed by atoms with Gasteiger partial charge in [-0.25, -0.2) is 0 Å². The van der Waals surface area contributed by atoms with E-state index in [9.17, 15) is 22.8 Å². The van der Waals surface area contributed by atoms with Crippen LogP contribution in [0.15, 0.2) is 0 Å². The van der Waals surface area contributed by atoms with Crippen LogP contribution in [0.25, 0.3) is 0 Å². The summed E-state index contributed by atoms with van der Waals surface area (Å²) in [5, 5.41) is 2.43. The number of rotatable bonds is 5. The molecule has 1 saturated heterocycles. The molecule has 0 aromatic rings. The molecule has 0 radical (unpaired) electrons. The second-order valence-electron chi connectivity index (χ2n) is 4.74. The van der Waals surface area contributed by atoms with Gasteiger partial charge in [-0.2, -0.15) is 0 Å². The summed E-state index contributed by atoms with van der Waals surface area (Å²) >= 11 is 0. The van der Waals surface area contributed by atoms with Crippen LogP contribution in [-0.2, 0) is 14.3 Å². The van der Waals surface area contributed by atoms with Gasteiger partial charge in [0, 0.05) is 6.54 Å². The molecule has 1 fully saturated rings. The maximum absolute atomic E-state index is 11.9. The van der Waals surface area contributed by atoms with Crippen molar-refractivity contribution in [1.29, 1.82) is 0 Å². The first-order chi connectivity index (χ1) is 8.70. The molecule has 1 rings (SSSR count). The van der Waals surface area contributed by atoms with Crippen LogP contribution < -0.4 is 5.32 Å². The first kappa shape index (κ1) is 15.7. The number of nitrogens with zero attached hydrogens (tertiary/aromatic N) is 1. The maximum atomic E-state index is 11.9. The molecule has 1 unspecified atom stereocenters. The van der Waals surface area contributed by atoms with Gasteiger partial charge < -0.3 is 10.2 Å². The Kier molecular flexibility index (Phi) is 5.16. The van der Waals surface area contributed by atoms with E-state index in [4.69, 9.17) is 0 Å². The van der Waals surface area contributed by atoms with Gasteiger partial charge in [0.15, 0.2) is 0 Å². The van der Waals surface area contributed by atoms with E-state index >= 15 is 0 Å². The van der Waals surface area contributed by atoms with Crippen LogP contribution in [0.1, 0.15) is 20.3 Å². The molecular formula is C11H17F3N2O3. The molecule has 0 aromatic heterocycles. The average molecular weight is 282 g/mol. The van der Waals surface area contributed by atoms with Gasteiger partial charge in [-0.15, -0.1) is 13.2 Å². The summed E-state index contributed by atoms with van der Waals surface area (Å²) in [6.45, 7) is 2.65. The Labute approximate surface area is 109 Å². The van der Waals surface area contributed by atoms with Gasteiger partial charge in [-0.3, -0.25) is 14.3 Å². The Morgan fingerprint density at radius 3 is 2.58 bits per heavy atom.